The molecular weight excluding hydrogens is 312 g/mol. The highest BCUT2D eigenvalue weighted by Gasteiger charge is 2.23. The molecule has 1 aromatic carbocycles. The minimum atomic E-state index is -3.78. The molecular formula is C13H16N2O4S2. The maximum atomic E-state index is 12.0. The molecule has 0 amide bonds. The number of rotatable bonds is 8. The Morgan fingerprint density at radius 1 is 1.52 bits per heavy atom. The molecule has 0 aliphatic carbocycles. The number of carboxylic acid groups (broad SMARTS) is 1. The largest absolute Gasteiger partial charge is 0.480 e. The van der Waals surface area contributed by atoms with E-state index in [1.807, 2.05) is 12.3 Å². The zero-order valence-corrected chi connectivity index (χ0v) is 13.1. The lowest BCUT2D eigenvalue weighted by Gasteiger charge is -2.14. The van der Waals surface area contributed by atoms with Gasteiger partial charge in [0, 0.05) is 0 Å². The smallest absolute Gasteiger partial charge is 0.321 e. The van der Waals surface area contributed by atoms with Crippen molar-refractivity contribution in [2.24, 2.45) is 0 Å². The fourth-order valence-corrected chi connectivity index (χ4v) is 3.50. The Balaban J connectivity index is 2.80. The molecule has 6 nitrogen and oxygen atoms in total. The average Bonchev–Trinajstić information content (AvgIpc) is 2.42. The van der Waals surface area contributed by atoms with Crippen LogP contribution in [0.15, 0.2) is 24.3 Å². The van der Waals surface area contributed by atoms with Gasteiger partial charge in [0.05, 0.1) is 17.4 Å². The second-order valence-electron chi connectivity index (χ2n) is 4.36. The maximum Gasteiger partial charge on any atom is 0.321 e. The van der Waals surface area contributed by atoms with E-state index in [1.54, 1.807) is 18.2 Å². The molecule has 8 heteroatoms. The van der Waals surface area contributed by atoms with E-state index in [0.717, 1.165) is 0 Å². The van der Waals surface area contributed by atoms with Crippen LogP contribution < -0.4 is 4.72 Å². The van der Waals surface area contributed by atoms with Crippen LogP contribution in [0.25, 0.3) is 0 Å². The average molecular weight is 328 g/mol. The summed E-state index contributed by atoms with van der Waals surface area (Å²) in [4.78, 5) is 11.1. The fourth-order valence-electron chi connectivity index (χ4n) is 1.68. The van der Waals surface area contributed by atoms with E-state index in [4.69, 9.17) is 10.4 Å². The Kier molecular flexibility index (Phi) is 6.68. The van der Waals surface area contributed by atoms with Crippen molar-refractivity contribution >= 4 is 27.8 Å². The zero-order chi connectivity index (χ0) is 15.9. The van der Waals surface area contributed by atoms with Crippen molar-refractivity contribution in [1.82, 2.24) is 4.72 Å². The van der Waals surface area contributed by atoms with Crippen LogP contribution in [-0.4, -0.2) is 37.5 Å². The molecule has 0 heterocycles. The third-order valence-corrected chi connectivity index (χ3v) is 4.64. The lowest BCUT2D eigenvalue weighted by Crippen LogP contribution is -2.41. The minimum absolute atomic E-state index is 0.216. The van der Waals surface area contributed by atoms with E-state index in [2.05, 4.69) is 4.72 Å². The second kappa shape index (κ2) is 8.02. The van der Waals surface area contributed by atoms with Crippen LogP contribution in [0.2, 0.25) is 0 Å². The number of nitrogens with one attached hydrogen (secondary N) is 1. The number of hydrogen-bond donors (Lipinski definition) is 2. The molecule has 0 unspecified atom stereocenters. The maximum absolute atomic E-state index is 12.0. The Labute approximate surface area is 128 Å². The van der Waals surface area contributed by atoms with Gasteiger partial charge in [0.15, 0.2) is 0 Å². The summed E-state index contributed by atoms with van der Waals surface area (Å²) in [5.41, 5.74) is 0.801. The highest BCUT2D eigenvalue weighted by molar-refractivity contribution is 7.98. The number of aliphatic carboxylic acids is 1. The molecule has 1 rings (SSSR count). The van der Waals surface area contributed by atoms with Gasteiger partial charge < -0.3 is 5.11 Å². The molecule has 1 aromatic rings. The highest BCUT2D eigenvalue weighted by atomic mass is 32.2. The van der Waals surface area contributed by atoms with Crippen LogP contribution in [0.4, 0.5) is 0 Å². The van der Waals surface area contributed by atoms with E-state index < -0.39 is 22.0 Å². The summed E-state index contributed by atoms with van der Waals surface area (Å²) in [5, 5.41) is 17.8. The molecule has 0 spiro atoms. The van der Waals surface area contributed by atoms with Gasteiger partial charge in [-0.2, -0.15) is 17.0 Å². The number of hydrogen-bond acceptors (Lipinski definition) is 5. The Morgan fingerprint density at radius 3 is 2.81 bits per heavy atom. The molecule has 0 aliphatic rings. The minimum Gasteiger partial charge on any atom is -0.480 e. The first kappa shape index (κ1) is 17.5. The molecule has 0 bridgehead atoms. The van der Waals surface area contributed by atoms with Crippen molar-refractivity contribution < 1.29 is 18.3 Å². The first-order valence-corrected chi connectivity index (χ1v) is 9.13. The Hall–Kier alpha value is -1.56. The van der Waals surface area contributed by atoms with Gasteiger partial charge in [0.25, 0.3) is 0 Å². The quantitative estimate of drug-likeness (QED) is 0.742. The summed E-state index contributed by atoms with van der Waals surface area (Å²) >= 11 is 1.45. The first-order valence-electron chi connectivity index (χ1n) is 6.08. The van der Waals surface area contributed by atoms with Gasteiger partial charge in [0.1, 0.15) is 6.04 Å². The third kappa shape index (κ3) is 6.16. The normalized spacial score (nSPS) is 12.6. The van der Waals surface area contributed by atoms with E-state index in [9.17, 15) is 13.2 Å². The van der Waals surface area contributed by atoms with Crippen molar-refractivity contribution in [2.45, 2.75) is 18.2 Å². The van der Waals surface area contributed by atoms with Crippen molar-refractivity contribution in [2.75, 3.05) is 12.0 Å². The zero-order valence-electron chi connectivity index (χ0n) is 11.4. The number of sulfonamides is 1. The highest BCUT2D eigenvalue weighted by Crippen LogP contribution is 2.10. The second-order valence-corrected chi connectivity index (χ2v) is 7.10. The molecule has 114 valence electrons. The SMILES string of the molecule is CSCC[C@@H](NS(=O)(=O)Cc1cccc(C#N)c1)C(=O)O. The van der Waals surface area contributed by atoms with Gasteiger partial charge >= 0.3 is 5.97 Å². The number of carboxylic acids is 1. The topological polar surface area (TPSA) is 107 Å². The van der Waals surface area contributed by atoms with Crippen molar-refractivity contribution in [1.29, 1.82) is 5.26 Å². The summed E-state index contributed by atoms with van der Waals surface area (Å²) in [6, 6.07) is 7.00. The number of carbonyl (C=O) groups is 1. The van der Waals surface area contributed by atoms with Gasteiger partial charge in [0.2, 0.25) is 10.0 Å². The van der Waals surface area contributed by atoms with E-state index in [1.165, 1.54) is 17.8 Å². The van der Waals surface area contributed by atoms with Crippen LogP contribution in [-0.2, 0) is 20.6 Å². The number of benzene rings is 1. The molecule has 2 N–H and O–H groups in total. The molecule has 0 fully saturated rings. The standard InChI is InChI=1S/C13H16N2O4S2/c1-20-6-5-12(13(16)17)15-21(18,19)9-11-4-2-3-10(7-11)8-14/h2-4,7,12,15H,5-6,9H2,1H3,(H,16,17)/t12-/m1/s1. The van der Waals surface area contributed by atoms with Crippen LogP contribution in [0.3, 0.4) is 0 Å². The number of nitriles is 1. The van der Waals surface area contributed by atoms with E-state index in [-0.39, 0.29) is 12.2 Å². The monoisotopic (exact) mass is 328 g/mol. The molecule has 0 aromatic heterocycles. The van der Waals surface area contributed by atoms with E-state index in [0.29, 0.717) is 16.9 Å². The van der Waals surface area contributed by atoms with E-state index >= 15 is 0 Å². The van der Waals surface area contributed by atoms with Gasteiger partial charge in [-0.1, -0.05) is 12.1 Å². The Morgan fingerprint density at radius 2 is 2.24 bits per heavy atom. The summed E-state index contributed by atoms with van der Waals surface area (Å²) in [6.07, 6.45) is 2.04. The fraction of sp³-hybridized carbons (Fsp3) is 0.385. The van der Waals surface area contributed by atoms with Crippen LogP contribution >= 0.6 is 11.8 Å². The number of nitrogens with zero attached hydrogens (tertiary/aromatic N) is 1. The molecule has 0 aliphatic heterocycles. The Bertz CT molecular complexity index is 638. The predicted molar refractivity (Wildman–Crippen MR) is 81.3 cm³/mol. The number of thioether (sulfide) groups is 1. The van der Waals surface area contributed by atoms with Gasteiger partial charge in [-0.15, -0.1) is 0 Å². The molecule has 1 atom stereocenters. The summed E-state index contributed by atoms with van der Waals surface area (Å²) in [5.74, 6) is -1.01. The third-order valence-electron chi connectivity index (χ3n) is 2.64. The predicted octanol–water partition coefficient (Wildman–Crippen LogP) is 1.18. The van der Waals surface area contributed by atoms with Crippen LogP contribution in [0.5, 0.6) is 0 Å². The molecule has 0 saturated carbocycles. The molecule has 0 saturated heterocycles. The molecule has 0 radical (unpaired) electrons. The van der Waals surface area contributed by atoms with Gasteiger partial charge in [-0.05, 0) is 36.1 Å². The summed E-state index contributed by atoms with van der Waals surface area (Å²) in [6.45, 7) is 0. The first-order chi connectivity index (χ1) is 9.88. The van der Waals surface area contributed by atoms with Crippen molar-refractivity contribution in [3.05, 3.63) is 35.4 Å². The summed E-state index contributed by atoms with van der Waals surface area (Å²) < 4.78 is 26.2. The molecule has 21 heavy (non-hydrogen) atoms. The van der Waals surface area contributed by atoms with Gasteiger partial charge in [-0.25, -0.2) is 13.1 Å². The van der Waals surface area contributed by atoms with Crippen LogP contribution in [0.1, 0.15) is 17.5 Å². The summed E-state index contributed by atoms with van der Waals surface area (Å²) in [7, 11) is -3.78. The van der Waals surface area contributed by atoms with Gasteiger partial charge in [-0.3, -0.25) is 4.79 Å². The lowest BCUT2D eigenvalue weighted by atomic mass is 10.2. The van der Waals surface area contributed by atoms with Crippen LogP contribution in [0, 0.1) is 11.3 Å². The lowest BCUT2D eigenvalue weighted by molar-refractivity contribution is -0.139. The van der Waals surface area contributed by atoms with Crippen molar-refractivity contribution in [3.63, 3.8) is 0 Å². The van der Waals surface area contributed by atoms with Crippen molar-refractivity contribution in [3.8, 4) is 6.07 Å².